The van der Waals surface area contributed by atoms with Crippen molar-refractivity contribution in [2.75, 3.05) is 31.4 Å². The molecule has 1 aliphatic rings. The van der Waals surface area contributed by atoms with Crippen molar-refractivity contribution in [2.24, 2.45) is 0 Å². The number of carbonyl (C=O) groups is 2. The van der Waals surface area contributed by atoms with E-state index in [-0.39, 0.29) is 19.0 Å². The van der Waals surface area contributed by atoms with E-state index in [1.54, 1.807) is 0 Å². The number of rotatable bonds is 5. The second-order valence-electron chi connectivity index (χ2n) is 3.72. The average molecular weight is 302 g/mol. The monoisotopic (exact) mass is 302 g/mol. The summed E-state index contributed by atoms with van der Waals surface area (Å²) in [6, 6.07) is -1.52. The summed E-state index contributed by atoms with van der Waals surface area (Å²) >= 11 is 1.30. The van der Waals surface area contributed by atoms with Crippen molar-refractivity contribution in [1.82, 2.24) is 10.2 Å². The fourth-order valence-electron chi connectivity index (χ4n) is 1.37. The van der Waals surface area contributed by atoms with E-state index in [1.165, 1.54) is 11.8 Å². The number of carboxylic acid groups (broad SMARTS) is 1. The van der Waals surface area contributed by atoms with Gasteiger partial charge < -0.3 is 20.1 Å². The van der Waals surface area contributed by atoms with E-state index in [9.17, 15) is 22.8 Å². The van der Waals surface area contributed by atoms with Crippen LogP contribution in [0.2, 0.25) is 0 Å². The molecule has 0 radical (unpaired) electrons. The fourth-order valence-corrected chi connectivity index (χ4v) is 2.51. The molecule has 1 heterocycles. The van der Waals surface area contributed by atoms with E-state index in [4.69, 9.17) is 5.11 Å². The summed E-state index contributed by atoms with van der Waals surface area (Å²) in [6.45, 7) is -1.77. The minimum Gasteiger partial charge on any atom is -0.480 e. The Balaban J connectivity index is 2.22. The van der Waals surface area contributed by atoms with Gasteiger partial charge in [0.05, 0.1) is 12.5 Å². The third-order valence-electron chi connectivity index (χ3n) is 2.22. The molecule has 10 heteroatoms. The van der Waals surface area contributed by atoms with Gasteiger partial charge in [0, 0.05) is 12.3 Å². The predicted octanol–water partition coefficient (Wildman–Crippen LogP) is 0.734. The highest BCUT2D eigenvalue weighted by atomic mass is 32.2. The SMILES string of the molecule is O=C(O)[C@@H]1CSCN1C(=O)NCCOCC(F)(F)F. The van der Waals surface area contributed by atoms with Crippen molar-refractivity contribution in [2.45, 2.75) is 12.2 Å². The minimum atomic E-state index is -4.40. The van der Waals surface area contributed by atoms with Gasteiger partial charge >= 0.3 is 18.2 Å². The molecule has 0 aromatic rings. The van der Waals surface area contributed by atoms with Gasteiger partial charge in [0.15, 0.2) is 0 Å². The molecule has 19 heavy (non-hydrogen) atoms. The summed E-state index contributed by atoms with van der Waals surface area (Å²) in [5.74, 6) is -0.562. The average Bonchev–Trinajstić information content (AvgIpc) is 2.75. The van der Waals surface area contributed by atoms with Gasteiger partial charge in [0.2, 0.25) is 0 Å². The molecule has 0 unspecified atom stereocenters. The van der Waals surface area contributed by atoms with Crippen molar-refractivity contribution in [3.05, 3.63) is 0 Å². The zero-order valence-electron chi connectivity index (χ0n) is 9.77. The van der Waals surface area contributed by atoms with Gasteiger partial charge in [-0.15, -0.1) is 11.8 Å². The van der Waals surface area contributed by atoms with Crippen LogP contribution < -0.4 is 5.32 Å². The molecule has 0 aliphatic carbocycles. The summed E-state index contributed by atoms with van der Waals surface area (Å²) < 4.78 is 39.5. The van der Waals surface area contributed by atoms with Crippen LogP contribution in [-0.2, 0) is 9.53 Å². The molecule has 1 rings (SSSR count). The predicted molar refractivity (Wildman–Crippen MR) is 60.9 cm³/mol. The lowest BCUT2D eigenvalue weighted by atomic mass is 10.3. The molecule has 110 valence electrons. The van der Waals surface area contributed by atoms with Crippen molar-refractivity contribution >= 4 is 23.8 Å². The summed E-state index contributed by atoms with van der Waals surface area (Å²) in [5, 5.41) is 11.2. The maximum atomic E-state index is 11.7. The van der Waals surface area contributed by atoms with E-state index >= 15 is 0 Å². The van der Waals surface area contributed by atoms with E-state index in [0.29, 0.717) is 5.75 Å². The van der Waals surface area contributed by atoms with Gasteiger partial charge in [-0.05, 0) is 0 Å². The molecule has 0 spiro atoms. The molecule has 6 nitrogen and oxygen atoms in total. The number of urea groups is 1. The number of aliphatic carboxylic acids is 1. The van der Waals surface area contributed by atoms with Gasteiger partial charge in [-0.2, -0.15) is 13.2 Å². The zero-order valence-corrected chi connectivity index (χ0v) is 10.6. The molecule has 0 aromatic carbocycles. The number of nitrogens with one attached hydrogen (secondary N) is 1. The molecule has 0 saturated carbocycles. The van der Waals surface area contributed by atoms with E-state index in [0.717, 1.165) is 4.90 Å². The number of thioether (sulfide) groups is 1. The highest BCUT2D eigenvalue weighted by Crippen LogP contribution is 2.20. The number of alkyl halides is 3. The van der Waals surface area contributed by atoms with Crippen LogP contribution in [0.4, 0.5) is 18.0 Å². The van der Waals surface area contributed by atoms with Crippen LogP contribution in [0.25, 0.3) is 0 Å². The Bertz CT molecular complexity index is 340. The maximum absolute atomic E-state index is 11.7. The Hall–Kier alpha value is -1.16. The van der Waals surface area contributed by atoms with Gasteiger partial charge in [-0.25, -0.2) is 9.59 Å². The summed E-state index contributed by atoms with van der Waals surface area (Å²) in [5.41, 5.74) is 0. The van der Waals surface area contributed by atoms with Crippen LogP contribution in [0.1, 0.15) is 0 Å². The number of nitrogens with zero attached hydrogens (tertiary/aromatic N) is 1. The van der Waals surface area contributed by atoms with Crippen LogP contribution in [-0.4, -0.2) is 65.6 Å². The molecule has 1 fully saturated rings. The molecule has 0 aromatic heterocycles. The van der Waals surface area contributed by atoms with E-state index in [2.05, 4.69) is 10.1 Å². The second kappa shape index (κ2) is 6.85. The Labute approximate surface area is 111 Å². The lowest BCUT2D eigenvalue weighted by Gasteiger charge is -2.20. The summed E-state index contributed by atoms with van der Waals surface area (Å²) in [6.07, 6.45) is -4.40. The minimum absolute atomic E-state index is 0.109. The Morgan fingerprint density at radius 3 is 2.74 bits per heavy atom. The van der Waals surface area contributed by atoms with Gasteiger partial charge in [0.25, 0.3) is 0 Å². The lowest BCUT2D eigenvalue weighted by Crippen LogP contribution is -2.47. The van der Waals surface area contributed by atoms with Crippen LogP contribution in [0.15, 0.2) is 0 Å². The first-order valence-corrected chi connectivity index (χ1v) is 6.46. The molecule has 2 amide bonds. The molecular weight excluding hydrogens is 289 g/mol. The zero-order chi connectivity index (χ0) is 14.5. The normalized spacial score (nSPS) is 19.5. The standard InChI is InChI=1S/C9H13F3N2O4S/c10-9(11,12)4-18-2-1-13-8(17)14-5-19-3-6(14)7(15)16/h6H,1-5H2,(H,13,17)(H,15,16)/t6-/m0/s1. The quantitative estimate of drug-likeness (QED) is 0.732. The van der Waals surface area contributed by atoms with Gasteiger partial charge in [-0.3, -0.25) is 0 Å². The fraction of sp³-hybridized carbons (Fsp3) is 0.778. The molecule has 1 atom stereocenters. The third kappa shape index (κ3) is 5.55. The summed E-state index contributed by atoms with van der Waals surface area (Å²) in [7, 11) is 0. The summed E-state index contributed by atoms with van der Waals surface area (Å²) in [4.78, 5) is 23.5. The third-order valence-corrected chi connectivity index (χ3v) is 3.23. The van der Waals surface area contributed by atoms with Crippen LogP contribution in [0.3, 0.4) is 0 Å². The van der Waals surface area contributed by atoms with Crippen molar-refractivity contribution < 1.29 is 32.6 Å². The van der Waals surface area contributed by atoms with Gasteiger partial charge in [-0.1, -0.05) is 0 Å². The largest absolute Gasteiger partial charge is 0.480 e. The lowest BCUT2D eigenvalue weighted by molar-refractivity contribution is -0.173. The number of halogens is 3. The molecule has 0 bridgehead atoms. The number of amides is 2. The van der Waals surface area contributed by atoms with Crippen molar-refractivity contribution in [3.8, 4) is 0 Å². The molecule has 1 saturated heterocycles. The molecule has 2 N–H and O–H groups in total. The number of hydrogen-bond donors (Lipinski definition) is 2. The van der Waals surface area contributed by atoms with Crippen LogP contribution in [0.5, 0.6) is 0 Å². The number of carbonyl (C=O) groups excluding carboxylic acids is 1. The van der Waals surface area contributed by atoms with Crippen LogP contribution in [0, 0.1) is 0 Å². The maximum Gasteiger partial charge on any atom is 0.411 e. The Kier molecular flexibility index (Phi) is 5.73. The molecule has 1 aliphatic heterocycles. The Morgan fingerprint density at radius 1 is 1.47 bits per heavy atom. The van der Waals surface area contributed by atoms with E-state index in [1.807, 2.05) is 0 Å². The van der Waals surface area contributed by atoms with E-state index < -0.39 is 30.8 Å². The van der Waals surface area contributed by atoms with Crippen molar-refractivity contribution in [1.29, 1.82) is 0 Å². The smallest absolute Gasteiger partial charge is 0.411 e. The molecular formula is C9H13F3N2O4S. The Morgan fingerprint density at radius 2 is 2.16 bits per heavy atom. The number of carboxylic acids is 1. The number of hydrogen-bond acceptors (Lipinski definition) is 4. The first kappa shape index (κ1) is 15.9. The van der Waals surface area contributed by atoms with Crippen molar-refractivity contribution in [3.63, 3.8) is 0 Å². The highest BCUT2D eigenvalue weighted by molar-refractivity contribution is 7.99. The highest BCUT2D eigenvalue weighted by Gasteiger charge is 2.34. The first-order valence-electron chi connectivity index (χ1n) is 5.31. The number of ether oxygens (including phenoxy) is 1. The van der Waals surface area contributed by atoms with Crippen LogP contribution >= 0.6 is 11.8 Å². The topological polar surface area (TPSA) is 78.9 Å². The second-order valence-corrected chi connectivity index (χ2v) is 4.72. The van der Waals surface area contributed by atoms with Gasteiger partial charge in [0.1, 0.15) is 12.6 Å². The first-order chi connectivity index (χ1) is 8.81.